The highest BCUT2D eigenvalue weighted by atomic mass is 35.5. The fourth-order valence-corrected chi connectivity index (χ4v) is 3.15. The second-order valence-electron chi connectivity index (χ2n) is 6.26. The van der Waals surface area contributed by atoms with E-state index in [0.29, 0.717) is 11.8 Å². The summed E-state index contributed by atoms with van der Waals surface area (Å²) in [5.41, 5.74) is 0. The maximum Gasteiger partial charge on any atom is 0.241 e. The minimum Gasteiger partial charge on any atom is -0.346 e. The van der Waals surface area contributed by atoms with Crippen molar-refractivity contribution in [2.45, 2.75) is 44.4 Å². The molecule has 0 radical (unpaired) electrons. The Balaban J connectivity index is 1.80. The van der Waals surface area contributed by atoms with Crippen LogP contribution < -0.4 is 5.32 Å². The monoisotopic (exact) mass is 286 g/mol. The van der Waals surface area contributed by atoms with Gasteiger partial charge in [-0.25, -0.2) is 0 Å². The maximum atomic E-state index is 12.1. The molecule has 0 aromatic heterocycles. The van der Waals surface area contributed by atoms with Crippen LogP contribution in [-0.4, -0.2) is 41.2 Å². The minimum atomic E-state index is -0.959. The first-order valence-electron chi connectivity index (χ1n) is 7.13. The second-order valence-corrected chi connectivity index (χ2v) is 7.20. The predicted octanol–water partition coefficient (Wildman–Crippen LogP) is 1.77. The van der Waals surface area contributed by atoms with Crippen molar-refractivity contribution in [2.75, 3.05) is 19.6 Å². The first kappa shape index (κ1) is 14.6. The Morgan fingerprint density at radius 2 is 1.74 bits per heavy atom. The highest BCUT2D eigenvalue weighted by Gasteiger charge is 2.36. The molecule has 2 aliphatic rings. The van der Waals surface area contributed by atoms with Gasteiger partial charge in [-0.15, -0.1) is 11.6 Å². The van der Waals surface area contributed by atoms with E-state index in [4.69, 9.17) is 11.6 Å². The van der Waals surface area contributed by atoms with Crippen molar-refractivity contribution in [3.63, 3.8) is 0 Å². The summed E-state index contributed by atoms with van der Waals surface area (Å²) in [4.78, 5) is 24.7. The first-order valence-corrected chi connectivity index (χ1v) is 7.50. The number of fused-ring (bicyclic) bond motifs is 1. The summed E-state index contributed by atoms with van der Waals surface area (Å²) in [5, 5.41) is 2.62. The van der Waals surface area contributed by atoms with Crippen LogP contribution in [0.3, 0.4) is 0 Å². The third-order valence-electron chi connectivity index (χ3n) is 4.27. The molecule has 1 aliphatic heterocycles. The van der Waals surface area contributed by atoms with Gasteiger partial charge >= 0.3 is 0 Å². The van der Waals surface area contributed by atoms with E-state index >= 15 is 0 Å². The van der Waals surface area contributed by atoms with E-state index in [2.05, 4.69) is 5.32 Å². The molecular weight excluding hydrogens is 264 g/mol. The van der Waals surface area contributed by atoms with E-state index in [9.17, 15) is 9.59 Å². The van der Waals surface area contributed by atoms with Gasteiger partial charge in [-0.05, 0) is 38.5 Å². The molecule has 2 unspecified atom stereocenters. The standard InChI is InChI=1S/C14H23ClN2O2/c1-14(2,15)13(19)16-7-12(18)17-8-10-5-3-4-6-11(10)9-17/h10-11H,3-9H2,1-2H3,(H,16,19). The molecule has 1 saturated carbocycles. The molecule has 0 aromatic rings. The zero-order valence-electron chi connectivity index (χ0n) is 11.7. The van der Waals surface area contributed by atoms with Crippen LogP contribution in [0.2, 0.25) is 0 Å². The molecule has 0 spiro atoms. The fourth-order valence-electron chi connectivity index (χ4n) is 3.09. The molecule has 4 nitrogen and oxygen atoms in total. The molecule has 0 aromatic carbocycles. The number of amides is 2. The highest BCUT2D eigenvalue weighted by molar-refractivity contribution is 6.34. The Labute approximate surface area is 119 Å². The van der Waals surface area contributed by atoms with Gasteiger partial charge in [0.25, 0.3) is 0 Å². The van der Waals surface area contributed by atoms with Crippen molar-refractivity contribution < 1.29 is 9.59 Å². The maximum absolute atomic E-state index is 12.1. The normalized spacial score (nSPS) is 27.0. The molecule has 0 bridgehead atoms. The number of hydrogen-bond donors (Lipinski definition) is 1. The Kier molecular flexibility index (Phi) is 4.39. The molecule has 2 atom stereocenters. The summed E-state index contributed by atoms with van der Waals surface area (Å²) < 4.78 is 0. The predicted molar refractivity (Wildman–Crippen MR) is 75.0 cm³/mol. The average molecular weight is 287 g/mol. The topological polar surface area (TPSA) is 49.4 Å². The number of hydrogen-bond acceptors (Lipinski definition) is 2. The van der Waals surface area contributed by atoms with Gasteiger partial charge in [-0.3, -0.25) is 9.59 Å². The summed E-state index contributed by atoms with van der Waals surface area (Å²) >= 11 is 5.89. The number of alkyl halides is 1. The van der Waals surface area contributed by atoms with Gasteiger partial charge in [0.2, 0.25) is 11.8 Å². The molecule has 5 heteroatoms. The van der Waals surface area contributed by atoms with E-state index in [0.717, 1.165) is 13.1 Å². The van der Waals surface area contributed by atoms with Crippen molar-refractivity contribution in [3.8, 4) is 0 Å². The van der Waals surface area contributed by atoms with Crippen LogP contribution in [0.4, 0.5) is 0 Å². The van der Waals surface area contributed by atoms with Crippen molar-refractivity contribution in [2.24, 2.45) is 11.8 Å². The van der Waals surface area contributed by atoms with E-state index in [1.807, 2.05) is 4.90 Å². The number of rotatable bonds is 3. The lowest BCUT2D eigenvalue weighted by atomic mass is 9.82. The van der Waals surface area contributed by atoms with Gasteiger partial charge in [0.05, 0.1) is 6.54 Å². The van der Waals surface area contributed by atoms with Crippen molar-refractivity contribution in [1.29, 1.82) is 0 Å². The van der Waals surface area contributed by atoms with Gasteiger partial charge in [0, 0.05) is 13.1 Å². The number of carbonyl (C=O) groups is 2. The zero-order valence-corrected chi connectivity index (χ0v) is 12.5. The summed E-state index contributed by atoms with van der Waals surface area (Å²) in [6.45, 7) is 5.04. The molecule has 1 heterocycles. The van der Waals surface area contributed by atoms with Crippen molar-refractivity contribution in [1.82, 2.24) is 10.2 Å². The Morgan fingerprint density at radius 1 is 1.21 bits per heavy atom. The smallest absolute Gasteiger partial charge is 0.241 e. The number of nitrogens with zero attached hydrogens (tertiary/aromatic N) is 1. The summed E-state index contributed by atoms with van der Waals surface area (Å²) in [6, 6.07) is 0. The Hall–Kier alpha value is -0.770. The number of nitrogens with one attached hydrogen (secondary N) is 1. The zero-order chi connectivity index (χ0) is 14.0. The molecule has 19 heavy (non-hydrogen) atoms. The summed E-state index contributed by atoms with van der Waals surface area (Å²) in [5.74, 6) is 1.08. The molecule has 1 aliphatic carbocycles. The van der Waals surface area contributed by atoms with Gasteiger partial charge < -0.3 is 10.2 Å². The number of likely N-dealkylation sites (tertiary alicyclic amines) is 1. The minimum absolute atomic E-state index is 0.0173. The Morgan fingerprint density at radius 3 is 2.21 bits per heavy atom. The quantitative estimate of drug-likeness (QED) is 0.804. The van der Waals surface area contributed by atoms with Crippen LogP contribution in [0.1, 0.15) is 39.5 Å². The summed E-state index contributed by atoms with van der Waals surface area (Å²) in [6.07, 6.45) is 5.08. The SMILES string of the molecule is CC(C)(Cl)C(=O)NCC(=O)N1CC2CCCCC2C1. The molecule has 2 fully saturated rings. The average Bonchev–Trinajstić information content (AvgIpc) is 2.78. The third kappa shape index (κ3) is 3.62. The Bertz CT molecular complexity index is 351. The van der Waals surface area contributed by atoms with Crippen LogP contribution in [0, 0.1) is 11.8 Å². The highest BCUT2D eigenvalue weighted by Crippen LogP contribution is 2.35. The second kappa shape index (κ2) is 5.70. The lowest BCUT2D eigenvalue weighted by molar-refractivity contribution is -0.132. The van der Waals surface area contributed by atoms with Crippen LogP contribution in [0.5, 0.6) is 0 Å². The van der Waals surface area contributed by atoms with E-state index < -0.39 is 4.87 Å². The summed E-state index contributed by atoms with van der Waals surface area (Å²) in [7, 11) is 0. The van der Waals surface area contributed by atoms with E-state index in [1.165, 1.54) is 25.7 Å². The van der Waals surface area contributed by atoms with Crippen molar-refractivity contribution in [3.05, 3.63) is 0 Å². The van der Waals surface area contributed by atoms with Crippen LogP contribution in [0.15, 0.2) is 0 Å². The molecule has 1 N–H and O–H groups in total. The van der Waals surface area contributed by atoms with Gasteiger partial charge in [0.15, 0.2) is 0 Å². The van der Waals surface area contributed by atoms with Gasteiger partial charge in [-0.1, -0.05) is 12.8 Å². The van der Waals surface area contributed by atoms with Crippen LogP contribution >= 0.6 is 11.6 Å². The number of halogens is 1. The van der Waals surface area contributed by atoms with E-state index in [1.54, 1.807) is 13.8 Å². The molecular formula is C14H23ClN2O2. The number of carbonyl (C=O) groups excluding carboxylic acids is 2. The fraction of sp³-hybridized carbons (Fsp3) is 0.857. The molecule has 108 valence electrons. The lowest BCUT2D eigenvalue weighted by Gasteiger charge is -2.22. The third-order valence-corrected chi connectivity index (χ3v) is 4.44. The van der Waals surface area contributed by atoms with Crippen molar-refractivity contribution >= 4 is 23.4 Å². The van der Waals surface area contributed by atoms with Crippen LogP contribution in [0.25, 0.3) is 0 Å². The lowest BCUT2D eigenvalue weighted by Crippen LogP contribution is -2.44. The largest absolute Gasteiger partial charge is 0.346 e. The van der Waals surface area contributed by atoms with Gasteiger partial charge in [-0.2, -0.15) is 0 Å². The van der Waals surface area contributed by atoms with E-state index in [-0.39, 0.29) is 18.4 Å². The molecule has 1 saturated heterocycles. The van der Waals surface area contributed by atoms with Gasteiger partial charge in [0.1, 0.15) is 4.87 Å². The molecule has 2 rings (SSSR count). The first-order chi connectivity index (χ1) is 8.88. The van der Waals surface area contributed by atoms with Crippen LogP contribution in [-0.2, 0) is 9.59 Å². The molecule has 2 amide bonds.